The summed E-state index contributed by atoms with van der Waals surface area (Å²) in [7, 11) is -3.96. The van der Waals surface area contributed by atoms with Crippen molar-refractivity contribution in [2.75, 3.05) is 12.8 Å². The van der Waals surface area contributed by atoms with Crippen LogP contribution in [-0.2, 0) is 14.1 Å². The SMILES string of the molecule is CCCOC(=O)CCCP(=O)(O)O. The van der Waals surface area contributed by atoms with E-state index in [0.717, 1.165) is 6.42 Å². The summed E-state index contributed by atoms with van der Waals surface area (Å²) in [5.74, 6) is -0.393. The Morgan fingerprint density at radius 3 is 2.54 bits per heavy atom. The van der Waals surface area contributed by atoms with E-state index in [-0.39, 0.29) is 19.0 Å². The average molecular weight is 210 g/mol. The van der Waals surface area contributed by atoms with Gasteiger partial charge in [-0.15, -0.1) is 0 Å². The zero-order valence-corrected chi connectivity index (χ0v) is 8.50. The van der Waals surface area contributed by atoms with E-state index in [1.807, 2.05) is 6.92 Å². The van der Waals surface area contributed by atoms with Crippen molar-refractivity contribution in [3.8, 4) is 0 Å². The number of carbonyl (C=O) groups excluding carboxylic acids is 1. The summed E-state index contributed by atoms with van der Waals surface area (Å²) in [4.78, 5) is 27.7. The molecule has 0 aromatic carbocycles. The maximum Gasteiger partial charge on any atom is 0.325 e. The van der Waals surface area contributed by atoms with Crippen LogP contribution < -0.4 is 0 Å². The van der Waals surface area contributed by atoms with Gasteiger partial charge in [-0.25, -0.2) is 0 Å². The number of rotatable bonds is 6. The van der Waals surface area contributed by atoms with Gasteiger partial charge in [0.1, 0.15) is 0 Å². The van der Waals surface area contributed by atoms with Crippen molar-refractivity contribution in [3.05, 3.63) is 0 Å². The molecule has 0 fully saturated rings. The lowest BCUT2D eigenvalue weighted by Crippen LogP contribution is -2.05. The molecule has 0 amide bonds. The molecule has 0 atom stereocenters. The van der Waals surface area contributed by atoms with E-state index in [9.17, 15) is 9.36 Å². The molecule has 0 spiro atoms. The lowest BCUT2D eigenvalue weighted by molar-refractivity contribution is -0.143. The highest BCUT2D eigenvalue weighted by Gasteiger charge is 2.13. The molecule has 0 aromatic rings. The molecule has 0 unspecified atom stereocenters. The average Bonchev–Trinajstić information content (AvgIpc) is 1.98. The van der Waals surface area contributed by atoms with Gasteiger partial charge in [0.05, 0.1) is 12.8 Å². The maximum atomic E-state index is 10.8. The summed E-state index contributed by atoms with van der Waals surface area (Å²) in [5, 5.41) is 0. The minimum absolute atomic E-state index is 0.0745. The van der Waals surface area contributed by atoms with Crippen molar-refractivity contribution >= 4 is 13.6 Å². The first-order chi connectivity index (χ1) is 5.95. The predicted molar refractivity (Wildman–Crippen MR) is 47.4 cm³/mol. The molecular formula is C7H15O5P. The van der Waals surface area contributed by atoms with Crippen molar-refractivity contribution in [2.24, 2.45) is 0 Å². The molecule has 0 aromatic heterocycles. The molecule has 0 saturated heterocycles. The highest BCUT2D eigenvalue weighted by molar-refractivity contribution is 7.51. The van der Waals surface area contributed by atoms with Gasteiger partial charge in [-0.1, -0.05) is 6.92 Å². The first-order valence-electron chi connectivity index (χ1n) is 4.16. The molecule has 0 heterocycles. The largest absolute Gasteiger partial charge is 0.466 e. The smallest absolute Gasteiger partial charge is 0.325 e. The number of carbonyl (C=O) groups is 1. The molecule has 2 N–H and O–H groups in total. The molecule has 0 saturated carbocycles. The fourth-order valence-electron chi connectivity index (χ4n) is 0.717. The van der Waals surface area contributed by atoms with Crippen LogP contribution in [0.15, 0.2) is 0 Å². The molecule has 0 aliphatic carbocycles. The molecule has 0 bridgehead atoms. The van der Waals surface area contributed by atoms with Crippen molar-refractivity contribution in [1.29, 1.82) is 0 Å². The normalized spacial score (nSPS) is 11.3. The Morgan fingerprint density at radius 1 is 1.46 bits per heavy atom. The number of hydrogen-bond donors (Lipinski definition) is 2. The minimum atomic E-state index is -3.96. The predicted octanol–water partition coefficient (Wildman–Crippen LogP) is 0.897. The summed E-state index contributed by atoms with van der Waals surface area (Å²) in [5.41, 5.74) is 0. The summed E-state index contributed by atoms with van der Waals surface area (Å²) >= 11 is 0. The molecule has 0 radical (unpaired) electrons. The molecule has 0 aliphatic rings. The van der Waals surface area contributed by atoms with Crippen LogP contribution in [0.25, 0.3) is 0 Å². The van der Waals surface area contributed by atoms with E-state index in [1.54, 1.807) is 0 Å². The summed E-state index contributed by atoms with van der Waals surface area (Å²) in [6.45, 7) is 2.25. The Labute approximate surface area is 77.3 Å². The zero-order valence-electron chi connectivity index (χ0n) is 7.60. The van der Waals surface area contributed by atoms with Gasteiger partial charge in [-0.3, -0.25) is 9.36 Å². The zero-order chi connectivity index (χ0) is 10.3. The lowest BCUT2D eigenvalue weighted by Gasteiger charge is -2.03. The van der Waals surface area contributed by atoms with Crippen molar-refractivity contribution in [3.63, 3.8) is 0 Å². The van der Waals surface area contributed by atoms with Crippen molar-refractivity contribution in [2.45, 2.75) is 26.2 Å². The van der Waals surface area contributed by atoms with Gasteiger partial charge < -0.3 is 14.5 Å². The van der Waals surface area contributed by atoms with Crippen LogP contribution in [0.1, 0.15) is 26.2 Å². The monoisotopic (exact) mass is 210 g/mol. The van der Waals surface area contributed by atoms with Gasteiger partial charge in [0, 0.05) is 6.42 Å². The van der Waals surface area contributed by atoms with Gasteiger partial charge in [0.2, 0.25) is 0 Å². The third-order valence-electron chi connectivity index (χ3n) is 1.30. The van der Waals surface area contributed by atoms with Gasteiger partial charge in [-0.2, -0.15) is 0 Å². The first-order valence-corrected chi connectivity index (χ1v) is 5.95. The van der Waals surface area contributed by atoms with E-state index in [2.05, 4.69) is 0 Å². The number of esters is 1. The second-order valence-electron chi connectivity index (χ2n) is 2.71. The lowest BCUT2D eigenvalue weighted by atomic mass is 10.3. The topological polar surface area (TPSA) is 83.8 Å². The highest BCUT2D eigenvalue weighted by atomic mass is 31.2. The molecular weight excluding hydrogens is 195 g/mol. The van der Waals surface area contributed by atoms with Crippen LogP contribution in [-0.4, -0.2) is 28.5 Å². The van der Waals surface area contributed by atoms with Gasteiger partial charge >= 0.3 is 13.6 Å². The maximum absolute atomic E-state index is 10.8. The summed E-state index contributed by atoms with van der Waals surface area (Å²) < 4.78 is 15.1. The Balaban J connectivity index is 3.43. The summed E-state index contributed by atoms with van der Waals surface area (Å²) in [6.07, 6.45) is 0.746. The molecule has 6 heteroatoms. The van der Waals surface area contributed by atoms with E-state index in [1.165, 1.54) is 0 Å². The van der Waals surface area contributed by atoms with E-state index in [0.29, 0.717) is 6.61 Å². The van der Waals surface area contributed by atoms with Crippen LogP contribution in [0.3, 0.4) is 0 Å². The van der Waals surface area contributed by atoms with Gasteiger partial charge in [0.25, 0.3) is 0 Å². The minimum Gasteiger partial charge on any atom is -0.466 e. The Bertz CT molecular complexity index is 197. The Hall–Kier alpha value is -0.380. The molecule has 0 aliphatic heterocycles. The fraction of sp³-hybridized carbons (Fsp3) is 0.857. The number of ether oxygens (including phenoxy) is 1. The van der Waals surface area contributed by atoms with Crippen molar-refractivity contribution < 1.29 is 23.9 Å². The van der Waals surface area contributed by atoms with Crippen LogP contribution in [0.4, 0.5) is 0 Å². The molecule has 0 rings (SSSR count). The quantitative estimate of drug-likeness (QED) is 0.502. The van der Waals surface area contributed by atoms with E-state index in [4.69, 9.17) is 14.5 Å². The van der Waals surface area contributed by atoms with Crippen molar-refractivity contribution in [1.82, 2.24) is 0 Å². The van der Waals surface area contributed by atoms with Crippen LogP contribution in [0, 0.1) is 0 Å². The summed E-state index contributed by atoms with van der Waals surface area (Å²) in [6, 6.07) is 0. The highest BCUT2D eigenvalue weighted by Crippen LogP contribution is 2.35. The third kappa shape index (κ3) is 9.53. The molecule has 5 nitrogen and oxygen atoms in total. The first kappa shape index (κ1) is 12.6. The van der Waals surface area contributed by atoms with E-state index < -0.39 is 13.6 Å². The van der Waals surface area contributed by atoms with Gasteiger partial charge in [-0.05, 0) is 12.8 Å². The van der Waals surface area contributed by atoms with E-state index >= 15 is 0 Å². The second-order valence-corrected chi connectivity index (χ2v) is 4.49. The second kappa shape index (κ2) is 6.13. The third-order valence-corrected chi connectivity index (χ3v) is 2.20. The van der Waals surface area contributed by atoms with Crippen LogP contribution in [0.2, 0.25) is 0 Å². The molecule has 78 valence electrons. The standard InChI is InChI=1S/C7H15O5P/c1-2-5-12-7(8)4-3-6-13(9,10)11/h2-6H2,1H3,(H2,9,10,11). The van der Waals surface area contributed by atoms with Crippen LogP contribution >= 0.6 is 7.60 Å². The van der Waals surface area contributed by atoms with Crippen LogP contribution in [0.5, 0.6) is 0 Å². The molecule has 13 heavy (non-hydrogen) atoms. The Kier molecular flexibility index (Phi) is 5.95. The van der Waals surface area contributed by atoms with Gasteiger partial charge in [0.15, 0.2) is 0 Å². The fourth-order valence-corrected chi connectivity index (χ4v) is 1.29. The number of hydrogen-bond acceptors (Lipinski definition) is 3. The Morgan fingerprint density at radius 2 is 2.08 bits per heavy atom.